The molecule has 0 aliphatic rings. The summed E-state index contributed by atoms with van der Waals surface area (Å²) >= 11 is 0. The Morgan fingerprint density at radius 3 is 2.80 bits per heavy atom. The number of rotatable bonds is 13. The first-order valence-corrected chi connectivity index (χ1v) is 12.7. The number of hydrogen-bond acceptors (Lipinski definition) is 8. The van der Waals surface area contributed by atoms with Crippen molar-refractivity contribution in [3.63, 3.8) is 0 Å². The van der Waals surface area contributed by atoms with Crippen molar-refractivity contribution in [2.45, 2.75) is 19.8 Å². The summed E-state index contributed by atoms with van der Waals surface area (Å²) < 4.78 is 41.3. The Hall–Kier alpha value is -4.60. The molecule has 4 rings (SSSR count). The van der Waals surface area contributed by atoms with Crippen LogP contribution in [0.3, 0.4) is 0 Å². The number of carbonyl (C=O) groups excluding carboxylic acids is 1. The molecule has 0 saturated heterocycles. The van der Waals surface area contributed by atoms with Crippen LogP contribution in [0, 0.1) is 23.0 Å². The van der Waals surface area contributed by atoms with Gasteiger partial charge in [-0.15, -0.1) is 0 Å². The van der Waals surface area contributed by atoms with Gasteiger partial charge in [-0.05, 0) is 42.3 Å². The zero-order valence-corrected chi connectivity index (χ0v) is 21.9. The second-order valence-electron chi connectivity index (χ2n) is 8.70. The summed E-state index contributed by atoms with van der Waals surface area (Å²) in [4.78, 5) is 21.5. The number of nitrogens with one attached hydrogen (secondary N) is 2. The van der Waals surface area contributed by atoms with Gasteiger partial charge in [-0.3, -0.25) is 9.20 Å². The smallest absolute Gasteiger partial charge is 0.251 e. The number of hydrogen-bond donors (Lipinski definition) is 3. The summed E-state index contributed by atoms with van der Waals surface area (Å²) in [5, 5.41) is 14.7. The molecule has 0 unspecified atom stereocenters. The Labute approximate surface area is 229 Å². The van der Waals surface area contributed by atoms with Crippen LogP contribution in [0.2, 0.25) is 0 Å². The molecule has 1 amide bonds. The minimum Gasteiger partial charge on any atom is -0.476 e. The standard InChI is InChI=1S/C28H29F2N7O3/c1-2-3-18-16-19(4-5-20(18)28(38)34-11-15-39-13-8-31)36-26-27-35-17-22(37(27)12-10-33-26)21-6-7-23(40-14-9-32)25(30)24(21)29/h4-7,10,12,16-17H,2-3,8,11,13-15,31H2,1H3,(H,33,36)(H,34,38). The van der Waals surface area contributed by atoms with E-state index in [1.807, 2.05) is 13.0 Å². The van der Waals surface area contributed by atoms with E-state index < -0.39 is 18.2 Å². The van der Waals surface area contributed by atoms with Crippen LogP contribution >= 0.6 is 0 Å². The normalized spacial score (nSPS) is 10.9. The van der Waals surface area contributed by atoms with E-state index in [-0.39, 0.29) is 17.2 Å². The number of nitrogens with two attached hydrogens (primary N) is 1. The maximum Gasteiger partial charge on any atom is 0.251 e. The van der Waals surface area contributed by atoms with Gasteiger partial charge in [0.1, 0.15) is 6.07 Å². The molecule has 0 spiro atoms. The van der Waals surface area contributed by atoms with E-state index in [1.54, 1.807) is 28.8 Å². The van der Waals surface area contributed by atoms with Crippen molar-refractivity contribution in [3.8, 4) is 23.1 Å². The van der Waals surface area contributed by atoms with Crippen molar-refractivity contribution in [1.82, 2.24) is 19.7 Å². The average Bonchev–Trinajstić information content (AvgIpc) is 3.39. The molecule has 0 aliphatic heterocycles. The molecular weight excluding hydrogens is 520 g/mol. The molecule has 0 saturated carbocycles. The molecule has 0 aliphatic carbocycles. The third-order valence-corrected chi connectivity index (χ3v) is 5.97. The van der Waals surface area contributed by atoms with E-state index in [0.29, 0.717) is 61.1 Å². The maximum absolute atomic E-state index is 14.9. The monoisotopic (exact) mass is 549 g/mol. The third-order valence-electron chi connectivity index (χ3n) is 5.97. The fraction of sp³-hybridized carbons (Fsp3) is 0.286. The van der Waals surface area contributed by atoms with Gasteiger partial charge in [0, 0.05) is 42.3 Å². The lowest BCUT2D eigenvalue weighted by molar-refractivity contribution is 0.0919. The van der Waals surface area contributed by atoms with Crippen molar-refractivity contribution >= 4 is 23.1 Å². The fourth-order valence-electron chi connectivity index (χ4n) is 4.18. The average molecular weight is 550 g/mol. The van der Waals surface area contributed by atoms with Crippen LogP contribution in [0.5, 0.6) is 5.75 Å². The first-order chi connectivity index (χ1) is 19.5. The molecule has 208 valence electrons. The van der Waals surface area contributed by atoms with E-state index >= 15 is 0 Å². The quantitative estimate of drug-likeness (QED) is 0.213. The Morgan fingerprint density at radius 1 is 1.18 bits per heavy atom. The molecular formula is C28H29F2N7O3. The van der Waals surface area contributed by atoms with Crippen molar-refractivity contribution in [2.24, 2.45) is 5.73 Å². The van der Waals surface area contributed by atoms with Gasteiger partial charge < -0.3 is 25.8 Å². The molecule has 2 aromatic carbocycles. The van der Waals surface area contributed by atoms with Crippen LogP contribution < -0.4 is 21.1 Å². The van der Waals surface area contributed by atoms with Gasteiger partial charge >= 0.3 is 0 Å². The van der Waals surface area contributed by atoms with Crippen LogP contribution in [0.1, 0.15) is 29.3 Å². The lowest BCUT2D eigenvalue weighted by Gasteiger charge is -2.13. The van der Waals surface area contributed by atoms with Crippen LogP contribution in [0.25, 0.3) is 16.9 Å². The fourth-order valence-corrected chi connectivity index (χ4v) is 4.18. The highest BCUT2D eigenvalue weighted by Crippen LogP contribution is 2.32. The van der Waals surface area contributed by atoms with Crippen molar-refractivity contribution < 1.29 is 23.0 Å². The first kappa shape index (κ1) is 28.4. The Morgan fingerprint density at radius 2 is 2.02 bits per heavy atom. The zero-order valence-electron chi connectivity index (χ0n) is 21.9. The summed E-state index contributed by atoms with van der Waals surface area (Å²) in [5.74, 6) is -2.46. The minimum atomic E-state index is -1.19. The van der Waals surface area contributed by atoms with E-state index in [4.69, 9.17) is 20.5 Å². The number of ether oxygens (including phenoxy) is 2. The number of imidazole rings is 1. The van der Waals surface area contributed by atoms with Gasteiger partial charge in [-0.1, -0.05) is 13.3 Å². The largest absolute Gasteiger partial charge is 0.476 e. The Kier molecular flexibility index (Phi) is 9.56. The molecule has 0 fully saturated rings. The van der Waals surface area contributed by atoms with Gasteiger partial charge in [0.2, 0.25) is 5.82 Å². The Balaban J connectivity index is 1.58. The van der Waals surface area contributed by atoms with Gasteiger partial charge in [0.15, 0.2) is 29.6 Å². The molecule has 0 atom stereocenters. The number of amides is 1. The van der Waals surface area contributed by atoms with Gasteiger partial charge in [-0.2, -0.15) is 9.65 Å². The highest BCUT2D eigenvalue weighted by molar-refractivity contribution is 5.96. The van der Waals surface area contributed by atoms with E-state index in [0.717, 1.165) is 12.0 Å². The number of aryl methyl sites for hydroxylation is 1. The number of nitriles is 1. The molecule has 4 aromatic rings. The SMILES string of the molecule is CCCc1cc(Nc2nccn3c(-c4ccc(OCC#N)c(F)c4F)cnc23)ccc1C(=O)NCCOCCN. The summed E-state index contributed by atoms with van der Waals surface area (Å²) in [7, 11) is 0. The van der Waals surface area contributed by atoms with Crippen molar-refractivity contribution in [3.05, 3.63) is 71.7 Å². The lowest BCUT2D eigenvalue weighted by Crippen LogP contribution is -2.28. The van der Waals surface area contributed by atoms with E-state index in [9.17, 15) is 13.6 Å². The number of carbonyl (C=O) groups is 1. The molecule has 4 N–H and O–H groups in total. The molecule has 40 heavy (non-hydrogen) atoms. The van der Waals surface area contributed by atoms with Crippen molar-refractivity contribution in [2.75, 3.05) is 38.2 Å². The molecule has 10 nitrogen and oxygen atoms in total. The summed E-state index contributed by atoms with van der Waals surface area (Å²) in [6.07, 6.45) is 6.05. The minimum absolute atomic E-state index is 0.0273. The molecule has 0 bridgehead atoms. The second kappa shape index (κ2) is 13.5. The highest BCUT2D eigenvalue weighted by Gasteiger charge is 2.20. The van der Waals surface area contributed by atoms with Crippen LogP contribution in [0.15, 0.2) is 48.9 Å². The maximum atomic E-state index is 14.9. The molecule has 2 aromatic heterocycles. The predicted octanol–water partition coefficient (Wildman–Crippen LogP) is 3.98. The highest BCUT2D eigenvalue weighted by atomic mass is 19.2. The van der Waals surface area contributed by atoms with E-state index in [1.165, 1.54) is 24.5 Å². The van der Waals surface area contributed by atoms with Gasteiger partial charge in [-0.25, -0.2) is 14.4 Å². The number of anilines is 2. The molecule has 0 radical (unpaired) electrons. The molecule has 12 heteroatoms. The second-order valence-corrected chi connectivity index (χ2v) is 8.70. The summed E-state index contributed by atoms with van der Waals surface area (Å²) in [5.41, 5.74) is 8.19. The van der Waals surface area contributed by atoms with Crippen LogP contribution in [-0.4, -0.2) is 53.2 Å². The van der Waals surface area contributed by atoms with Crippen molar-refractivity contribution in [1.29, 1.82) is 5.26 Å². The number of benzene rings is 2. The van der Waals surface area contributed by atoms with Gasteiger partial charge in [0.25, 0.3) is 5.91 Å². The number of fused-ring (bicyclic) bond motifs is 1. The summed E-state index contributed by atoms with van der Waals surface area (Å²) in [6, 6.07) is 9.75. The van der Waals surface area contributed by atoms with E-state index in [2.05, 4.69) is 20.6 Å². The van der Waals surface area contributed by atoms with Gasteiger partial charge in [0.05, 0.1) is 25.1 Å². The first-order valence-electron chi connectivity index (χ1n) is 12.7. The number of aromatic nitrogens is 3. The zero-order chi connectivity index (χ0) is 28.5. The summed E-state index contributed by atoms with van der Waals surface area (Å²) in [6.45, 7) is 3.24. The van der Waals surface area contributed by atoms with Crippen LogP contribution in [-0.2, 0) is 11.2 Å². The predicted molar refractivity (Wildman–Crippen MR) is 145 cm³/mol. The number of nitrogens with zero attached hydrogens (tertiary/aromatic N) is 4. The lowest BCUT2D eigenvalue weighted by atomic mass is 10.0. The third kappa shape index (κ3) is 6.33. The molecule has 2 heterocycles. The number of halogens is 2. The van der Waals surface area contributed by atoms with Crippen LogP contribution in [0.4, 0.5) is 20.3 Å². The Bertz CT molecular complexity index is 1530. The topological polar surface area (TPSA) is 140 Å².